The van der Waals surface area contributed by atoms with Crippen molar-refractivity contribution in [3.8, 4) is 22.6 Å². The molecular weight excluding hydrogens is 376 g/mol. The van der Waals surface area contributed by atoms with Gasteiger partial charge in [-0.25, -0.2) is 4.79 Å². The van der Waals surface area contributed by atoms with Gasteiger partial charge in [0.15, 0.2) is 5.78 Å². The molecule has 0 spiro atoms. The summed E-state index contributed by atoms with van der Waals surface area (Å²) in [5.74, 6) is 0.798. The summed E-state index contributed by atoms with van der Waals surface area (Å²) in [4.78, 5) is 24.3. The van der Waals surface area contributed by atoms with Gasteiger partial charge in [0.1, 0.15) is 11.5 Å². The highest BCUT2D eigenvalue weighted by molar-refractivity contribution is 6.04. The van der Waals surface area contributed by atoms with Crippen LogP contribution in [0.3, 0.4) is 0 Å². The van der Waals surface area contributed by atoms with Crippen molar-refractivity contribution in [2.75, 3.05) is 6.61 Å². The van der Waals surface area contributed by atoms with Gasteiger partial charge < -0.3 is 9.47 Å². The van der Waals surface area contributed by atoms with Gasteiger partial charge in [-0.1, -0.05) is 25.6 Å². The van der Waals surface area contributed by atoms with Crippen LogP contribution in [-0.2, 0) is 0 Å². The number of ketones is 1. The van der Waals surface area contributed by atoms with E-state index in [1.165, 1.54) is 17.2 Å². The van der Waals surface area contributed by atoms with Crippen LogP contribution in [-0.4, -0.2) is 18.4 Å². The smallest absolute Gasteiger partial charge is 0.343 e. The zero-order chi connectivity index (χ0) is 21.3. The molecule has 0 fully saturated rings. The van der Waals surface area contributed by atoms with E-state index < -0.39 is 5.97 Å². The van der Waals surface area contributed by atoms with Gasteiger partial charge in [0.25, 0.3) is 0 Å². The maximum absolute atomic E-state index is 12.7. The average Bonchev–Trinajstić information content (AvgIpc) is 3.05. The number of benzene rings is 3. The van der Waals surface area contributed by atoms with Crippen LogP contribution in [0.25, 0.3) is 11.1 Å². The van der Waals surface area contributed by atoms with Crippen LogP contribution in [0.5, 0.6) is 11.5 Å². The fourth-order valence-electron chi connectivity index (χ4n) is 3.83. The van der Waals surface area contributed by atoms with E-state index in [1.807, 2.05) is 25.1 Å². The zero-order valence-electron chi connectivity index (χ0n) is 17.0. The summed E-state index contributed by atoms with van der Waals surface area (Å²) in [5.41, 5.74) is 5.58. The minimum atomic E-state index is -0.432. The first-order valence-corrected chi connectivity index (χ1v) is 9.92. The highest BCUT2D eigenvalue weighted by Gasteiger charge is 2.27. The molecule has 0 aliphatic heterocycles. The first-order chi connectivity index (χ1) is 14.5. The Morgan fingerprint density at radius 3 is 2.17 bits per heavy atom. The molecule has 3 aromatic rings. The number of hydrogen-bond acceptors (Lipinski definition) is 4. The molecule has 3 aromatic carbocycles. The van der Waals surface area contributed by atoms with Gasteiger partial charge in [0, 0.05) is 11.5 Å². The highest BCUT2D eigenvalue weighted by Crippen LogP contribution is 2.46. The Balaban J connectivity index is 1.56. The van der Waals surface area contributed by atoms with Crippen molar-refractivity contribution < 1.29 is 19.1 Å². The normalized spacial score (nSPS) is 13.9. The van der Waals surface area contributed by atoms with Crippen molar-refractivity contribution in [2.24, 2.45) is 0 Å². The third kappa shape index (κ3) is 3.52. The second-order valence-electron chi connectivity index (χ2n) is 7.19. The van der Waals surface area contributed by atoms with Crippen LogP contribution in [0.15, 0.2) is 73.3 Å². The molecule has 4 rings (SSSR count). The number of esters is 1. The molecule has 0 N–H and O–H groups in total. The molecule has 0 radical (unpaired) electrons. The lowest BCUT2D eigenvalue weighted by molar-refractivity contribution is 0.0734. The van der Waals surface area contributed by atoms with Crippen molar-refractivity contribution in [1.29, 1.82) is 0 Å². The number of carbonyl (C=O) groups excluding carboxylic acids is 2. The Morgan fingerprint density at radius 1 is 0.900 bits per heavy atom. The van der Waals surface area contributed by atoms with Crippen LogP contribution in [0.4, 0.5) is 0 Å². The van der Waals surface area contributed by atoms with Crippen molar-refractivity contribution in [2.45, 2.75) is 19.8 Å². The fourth-order valence-corrected chi connectivity index (χ4v) is 3.83. The molecule has 1 unspecified atom stereocenters. The molecule has 0 heterocycles. The second kappa shape index (κ2) is 7.99. The molecule has 0 aromatic heterocycles. The van der Waals surface area contributed by atoms with Gasteiger partial charge in [-0.15, -0.1) is 0 Å². The molecule has 0 amide bonds. The lowest BCUT2D eigenvalue weighted by Crippen LogP contribution is -2.09. The summed E-state index contributed by atoms with van der Waals surface area (Å²) in [6.45, 7) is 8.19. The number of rotatable bonds is 6. The lowest BCUT2D eigenvalue weighted by Gasteiger charge is -2.10. The van der Waals surface area contributed by atoms with Gasteiger partial charge >= 0.3 is 5.97 Å². The third-order valence-electron chi connectivity index (χ3n) is 5.38. The maximum Gasteiger partial charge on any atom is 0.343 e. The Kier molecular flexibility index (Phi) is 5.23. The lowest BCUT2D eigenvalue weighted by atomic mass is 9.98. The summed E-state index contributed by atoms with van der Waals surface area (Å²) in [6.07, 6.45) is 1.25. The van der Waals surface area contributed by atoms with Crippen molar-refractivity contribution in [3.05, 3.63) is 95.6 Å². The van der Waals surface area contributed by atoms with Crippen LogP contribution < -0.4 is 9.47 Å². The van der Waals surface area contributed by atoms with Crippen molar-refractivity contribution >= 4 is 11.8 Å². The summed E-state index contributed by atoms with van der Waals surface area (Å²) in [6, 6.07) is 18.2. The number of carbonyl (C=O) groups is 2. The number of allylic oxidation sites excluding steroid dienone is 1. The van der Waals surface area contributed by atoms with E-state index in [0.29, 0.717) is 23.5 Å². The Labute approximate surface area is 175 Å². The van der Waals surface area contributed by atoms with Crippen LogP contribution in [0, 0.1) is 0 Å². The molecule has 4 nitrogen and oxygen atoms in total. The minimum absolute atomic E-state index is 0.160. The van der Waals surface area contributed by atoms with Crippen LogP contribution >= 0.6 is 0 Å². The van der Waals surface area contributed by atoms with Crippen LogP contribution in [0.2, 0.25) is 0 Å². The Bertz CT molecular complexity index is 1140. The monoisotopic (exact) mass is 398 g/mol. The summed E-state index contributed by atoms with van der Waals surface area (Å²) in [7, 11) is 0. The largest absolute Gasteiger partial charge is 0.494 e. The molecule has 0 saturated carbocycles. The molecule has 0 bridgehead atoms. The van der Waals surface area contributed by atoms with E-state index in [-0.39, 0.29) is 11.7 Å². The predicted molar refractivity (Wildman–Crippen MR) is 116 cm³/mol. The molecule has 0 saturated heterocycles. The average molecular weight is 398 g/mol. The summed E-state index contributed by atoms with van der Waals surface area (Å²) < 4.78 is 11.1. The van der Waals surface area contributed by atoms with E-state index in [9.17, 15) is 9.59 Å². The van der Waals surface area contributed by atoms with E-state index in [1.54, 1.807) is 30.3 Å². The first-order valence-electron chi connectivity index (χ1n) is 9.92. The van der Waals surface area contributed by atoms with E-state index in [4.69, 9.17) is 9.47 Å². The zero-order valence-corrected chi connectivity index (χ0v) is 17.0. The maximum atomic E-state index is 12.7. The van der Waals surface area contributed by atoms with Gasteiger partial charge in [-0.3, -0.25) is 4.79 Å². The topological polar surface area (TPSA) is 52.6 Å². The quantitative estimate of drug-likeness (QED) is 0.228. The molecular formula is C26H22O4. The third-order valence-corrected chi connectivity index (χ3v) is 5.38. The molecule has 1 aliphatic rings. The number of ether oxygens (including phenoxy) is 2. The second-order valence-corrected chi connectivity index (χ2v) is 7.19. The molecule has 4 heteroatoms. The number of fused-ring (bicyclic) bond motifs is 3. The van der Waals surface area contributed by atoms with Gasteiger partial charge in [0.05, 0.1) is 12.2 Å². The van der Waals surface area contributed by atoms with Crippen molar-refractivity contribution in [3.63, 3.8) is 0 Å². The number of hydrogen-bond donors (Lipinski definition) is 0. The fraction of sp³-hybridized carbons (Fsp3) is 0.154. The van der Waals surface area contributed by atoms with Gasteiger partial charge in [-0.2, -0.15) is 0 Å². The predicted octanol–water partition coefficient (Wildman–Crippen LogP) is 5.81. The molecule has 150 valence electrons. The SMILES string of the molecule is C=CC(=O)c1ccc(OC(=O)c2ccc3c(c2)C(C)c2cc(OCC)ccc2-3)cc1. The summed E-state index contributed by atoms with van der Waals surface area (Å²) in [5, 5.41) is 0. The van der Waals surface area contributed by atoms with Gasteiger partial charge in [-0.05, 0) is 83.8 Å². The van der Waals surface area contributed by atoms with Gasteiger partial charge in [0.2, 0.25) is 0 Å². The van der Waals surface area contributed by atoms with E-state index in [2.05, 4.69) is 25.6 Å². The van der Waals surface area contributed by atoms with E-state index >= 15 is 0 Å². The summed E-state index contributed by atoms with van der Waals surface area (Å²) >= 11 is 0. The van der Waals surface area contributed by atoms with Crippen molar-refractivity contribution in [1.82, 2.24) is 0 Å². The molecule has 30 heavy (non-hydrogen) atoms. The minimum Gasteiger partial charge on any atom is -0.494 e. The Morgan fingerprint density at radius 2 is 1.50 bits per heavy atom. The molecule has 1 atom stereocenters. The van der Waals surface area contributed by atoms with Crippen LogP contribution in [0.1, 0.15) is 51.6 Å². The Hall–Kier alpha value is -3.66. The van der Waals surface area contributed by atoms with E-state index in [0.717, 1.165) is 16.9 Å². The standard InChI is InChI=1S/C26H22O4/c1-4-25(27)17-6-9-19(10-7-17)30-26(28)18-8-12-21-22-13-11-20(29-5-2)15-24(22)16(3)23(21)14-18/h4,6-16H,1,5H2,2-3H3. The molecule has 1 aliphatic carbocycles. The highest BCUT2D eigenvalue weighted by atomic mass is 16.5. The first kappa shape index (κ1) is 19.6.